The molecule has 4 N–H and O–H groups in total. The molecule has 2 aromatic heterocycles. The molecule has 204 valence electrons. The average Bonchev–Trinajstić information content (AvgIpc) is 3.40. The van der Waals surface area contributed by atoms with E-state index in [4.69, 9.17) is 0 Å². The van der Waals surface area contributed by atoms with Gasteiger partial charge in [-0.3, -0.25) is 4.79 Å². The fraction of sp³-hybridized carbons (Fsp3) is 0.500. The molecule has 4 bridgehead atoms. The molecule has 6 saturated carbocycles. The predicted molar refractivity (Wildman–Crippen MR) is 159 cm³/mol. The number of rotatable bonds is 9. The summed E-state index contributed by atoms with van der Waals surface area (Å²) in [7, 11) is 0. The number of hydrogen-bond donors (Lipinski definition) is 4. The number of fused-ring (bicyclic) bond motifs is 2. The van der Waals surface area contributed by atoms with Crippen LogP contribution in [0.3, 0.4) is 0 Å². The monoisotopic (exact) mass is 522 g/mol. The van der Waals surface area contributed by atoms with Crippen molar-refractivity contribution < 1.29 is 4.79 Å². The molecule has 0 unspecified atom stereocenters. The van der Waals surface area contributed by atoms with E-state index in [1.165, 1.54) is 58.7 Å². The zero-order valence-electron chi connectivity index (χ0n) is 23.4. The summed E-state index contributed by atoms with van der Waals surface area (Å²) in [4.78, 5) is 18.9. The van der Waals surface area contributed by atoms with Crippen LogP contribution in [0.5, 0.6) is 0 Å². The molecule has 6 fully saturated rings. The zero-order chi connectivity index (χ0) is 26.6. The lowest BCUT2D eigenvalue weighted by atomic mass is 9.44. The Balaban J connectivity index is 0.000000130. The van der Waals surface area contributed by atoms with Crippen LogP contribution in [0.25, 0.3) is 21.8 Å². The minimum absolute atomic E-state index is 0.0269. The SMILES string of the molecule is C[C@H](Cc1c[nH]c2ccccc12)NC(=O)C12CC(C1)C2.C[C@H](Cc1c[nH]c2ccccc12)NCC12CC(C1)C2. The molecule has 2 atom stereocenters. The van der Waals surface area contributed by atoms with Crippen molar-refractivity contribution in [1.82, 2.24) is 20.6 Å². The molecule has 0 saturated heterocycles. The van der Waals surface area contributed by atoms with Crippen LogP contribution in [0.1, 0.15) is 63.5 Å². The molecule has 0 radical (unpaired) electrons. The molecule has 6 aliphatic carbocycles. The van der Waals surface area contributed by atoms with Gasteiger partial charge in [-0.15, -0.1) is 0 Å². The highest BCUT2D eigenvalue weighted by Crippen LogP contribution is 2.64. The topological polar surface area (TPSA) is 72.7 Å². The largest absolute Gasteiger partial charge is 0.361 e. The van der Waals surface area contributed by atoms with E-state index in [9.17, 15) is 4.79 Å². The first-order valence-corrected chi connectivity index (χ1v) is 15.0. The molecule has 0 aliphatic heterocycles. The Morgan fingerprint density at radius 1 is 0.795 bits per heavy atom. The van der Waals surface area contributed by atoms with Gasteiger partial charge in [0.1, 0.15) is 0 Å². The van der Waals surface area contributed by atoms with Crippen molar-refractivity contribution in [2.45, 2.75) is 77.3 Å². The molecule has 6 aliphatic rings. The summed E-state index contributed by atoms with van der Waals surface area (Å²) in [6.07, 6.45) is 14.1. The van der Waals surface area contributed by atoms with Crippen molar-refractivity contribution in [3.05, 3.63) is 72.1 Å². The van der Waals surface area contributed by atoms with Gasteiger partial charge in [0.2, 0.25) is 5.91 Å². The van der Waals surface area contributed by atoms with Crippen molar-refractivity contribution in [1.29, 1.82) is 0 Å². The summed E-state index contributed by atoms with van der Waals surface area (Å²) in [5.74, 6) is 2.22. The van der Waals surface area contributed by atoms with E-state index >= 15 is 0 Å². The van der Waals surface area contributed by atoms with Crippen LogP contribution in [-0.4, -0.2) is 34.5 Å². The van der Waals surface area contributed by atoms with Crippen LogP contribution in [-0.2, 0) is 17.6 Å². The number of benzene rings is 2. The second kappa shape index (κ2) is 9.55. The van der Waals surface area contributed by atoms with Gasteiger partial charge in [-0.25, -0.2) is 0 Å². The van der Waals surface area contributed by atoms with Crippen LogP contribution in [0.15, 0.2) is 60.9 Å². The van der Waals surface area contributed by atoms with Gasteiger partial charge in [0.25, 0.3) is 0 Å². The van der Waals surface area contributed by atoms with Gasteiger partial charge in [0.05, 0.1) is 0 Å². The van der Waals surface area contributed by atoms with Crippen molar-refractivity contribution in [2.75, 3.05) is 6.54 Å². The minimum atomic E-state index is 0.0269. The molecule has 5 nitrogen and oxygen atoms in total. The van der Waals surface area contributed by atoms with Gasteiger partial charge in [0, 0.05) is 58.2 Å². The maximum atomic E-state index is 12.3. The summed E-state index contributed by atoms with van der Waals surface area (Å²) in [6.45, 7) is 5.64. The minimum Gasteiger partial charge on any atom is -0.361 e. The van der Waals surface area contributed by atoms with E-state index in [1.807, 2.05) is 6.07 Å². The van der Waals surface area contributed by atoms with E-state index < -0.39 is 0 Å². The molecular formula is C34H42N4O. The molecule has 39 heavy (non-hydrogen) atoms. The number of aromatic nitrogens is 2. The third-order valence-corrected chi connectivity index (χ3v) is 10.3. The quantitative estimate of drug-likeness (QED) is 0.202. The summed E-state index contributed by atoms with van der Waals surface area (Å²) in [6, 6.07) is 17.7. The van der Waals surface area contributed by atoms with E-state index in [-0.39, 0.29) is 17.4 Å². The molecule has 2 aromatic carbocycles. The summed E-state index contributed by atoms with van der Waals surface area (Å²) >= 11 is 0. The van der Waals surface area contributed by atoms with Crippen LogP contribution in [0.2, 0.25) is 0 Å². The third kappa shape index (κ3) is 4.59. The van der Waals surface area contributed by atoms with E-state index in [0.717, 1.165) is 43.9 Å². The maximum absolute atomic E-state index is 12.3. The van der Waals surface area contributed by atoms with E-state index in [0.29, 0.717) is 11.5 Å². The van der Waals surface area contributed by atoms with Crippen LogP contribution in [0, 0.1) is 22.7 Å². The highest BCUT2D eigenvalue weighted by atomic mass is 16.2. The highest BCUT2D eigenvalue weighted by molar-refractivity contribution is 5.86. The number of aromatic amines is 2. The van der Waals surface area contributed by atoms with Gasteiger partial charge in [-0.2, -0.15) is 0 Å². The van der Waals surface area contributed by atoms with Gasteiger partial charge >= 0.3 is 0 Å². The van der Waals surface area contributed by atoms with Crippen molar-refractivity contribution in [2.24, 2.45) is 22.7 Å². The van der Waals surface area contributed by atoms with Gasteiger partial charge in [0.15, 0.2) is 0 Å². The number of nitrogens with one attached hydrogen (secondary N) is 4. The summed E-state index contributed by atoms with van der Waals surface area (Å²) in [5.41, 5.74) is 5.88. The van der Waals surface area contributed by atoms with Crippen molar-refractivity contribution in [3.8, 4) is 0 Å². The Morgan fingerprint density at radius 3 is 1.79 bits per heavy atom. The standard InChI is InChI=1S/C17H20N2O.C17H22N2/c1-11(19-16(20)17-7-12(8-17)9-17)6-13-10-18-15-5-3-2-4-14(13)15;1-12(19-11-17-7-13(8-17)9-17)6-14-10-18-16-5-3-2-4-15(14)16/h2-5,10-12,18H,6-9H2,1H3,(H,19,20);2-5,10,12-13,18-19H,6-9,11H2,1H3/t11-,12?,17?;12-,13?,17?/m11/s1. The predicted octanol–water partition coefficient (Wildman–Crippen LogP) is 6.50. The highest BCUT2D eigenvalue weighted by Gasteiger charge is 2.61. The number of amides is 1. The second-order valence-electron chi connectivity index (χ2n) is 13.5. The zero-order valence-corrected chi connectivity index (χ0v) is 23.4. The second-order valence-corrected chi connectivity index (χ2v) is 13.5. The van der Waals surface area contributed by atoms with Gasteiger partial charge in [-0.1, -0.05) is 36.4 Å². The lowest BCUT2D eigenvalue weighted by Crippen LogP contribution is -2.61. The number of para-hydroxylation sites is 2. The smallest absolute Gasteiger partial charge is 0.226 e. The Labute approximate surface area is 231 Å². The third-order valence-electron chi connectivity index (χ3n) is 10.3. The fourth-order valence-electron chi connectivity index (χ4n) is 7.78. The molecule has 0 spiro atoms. The summed E-state index contributed by atoms with van der Waals surface area (Å²) < 4.78 is 0. The van der Waals surface area contributed by atoms with Gasteiger partial charge < -0.3 is 20.6 Å². The average molecular weight is 523 g/mol. The number of hydrogen-bond acceptors (Lipinski definition) is 2. The summed E-state index contributed by atoms with van der Waals surface area (Å²) in [5, 5.41) is 9.60. The van der Waals surface area contributed by atoms with Gasteiger partial charge in [-0.05, 0) is 106 Å². The molecule has 2 heterocycles. The Hall–Kier alpha value is -3.05. The Kier molecular flexibility index (Phi) is 6.11. The molecule has 10 rings (SSSR count). The molecular weight excluding hydrogens is 480 g/mol. The van der Waals surface area contributed by atoms with Crippen molar-refractivity contribution in [3.63, 3.8) is 0 Å². The fourth-order valence-corrected chi connectivity index (χ4v) is 7.78. The van der Waals surface area contributed by atoms with Crippen LogP contribution >= 0.6 is 0 Å². The first-order valence-electron chi connectivity index (χ1n) is 15.0. The normalized spacial score (nSPS) is 29.2. The first-order chi connectivity index (χ1) is 18.9. The Morgan fingerprint density at radius 2 is 1.31 bits per heavy atom. The molecule has 5 heteroatoms. The first kappa shape index (κ1) is 25.0. The van der Waals surface area contributed by atoms with Crippen LogP contribution < -0.4 is 10.6 Å². The lowest BCUT2D eigenvalue weighted by Gasteiger charge is -2.62. The number of carbonyl (C=O) groups is 1. The molecule has 4 aromatic rings. The number of H-pyrrole nitrogens is 2. The van der Waals surface area contributed by atoms with E-state index in [1.54, 1.807) is 0 Å². The van der Waals surface area contributed by atoms with Crippen molar-refractivity contribution >= 4 is 27.7 Å². The lowest BCUT2D eigenvalue weighted by molar-refractivity contribution is -0.165. The van der Waals surface area contributed by atoms with Crippen LogP contribution in [0.4, 0.5) is 0 Å². The number of carbonyl (C=O) groups excluding carboxylic acids is 1. The molecule has 1 amide bonds. The Bertz CT molecular complexity index is 1460. The van der Waals surface area contributed by atoms with E-state index in [2.05, 4.69) is 89.3 Å². The maximum Gasteiger partial charge on any atom is 0.226 e.